The number of primary amides is 1. The van der Waals surface area contributed by atoms with Gasteiger partial charge in [0, 0.05) is 23.4 Å². The van der Waals surface area contributed by atoms with Gasteiger partial charge in [0.15, 0.2) is 0 Å². The number of hydrogen-bond acceptors (Lipinski definition) is 5. The number of nitrogens with one attached hydrogen (secondary N) is 1. The molecule has 3 aromatic carbocycles. The zero-order valence-corrected chi connectivity index (χ0v) is 23.0. The molecule has 1 aliphatic rings. The van der Waals surface area contributed by atoms with Crippen LogP contribution in [0.4, 0.5) is 0 Å². The molecular weight excluding hydrogens is 530 g/mol. The Morgan fingerprint density at radius 3 is 2.43 bits per heavy atom. The Balaban J connectivity index is 1.31. The van der Waals surface area contributed by atoms with Crippen LogP contribution in [0.25, 0.3) is 33.3 Å². The minimum absolute atomic E-state index is 0.185. The molecule has 1 aliphatic carbocycles. The van der Waals surface area contributed by atoms with Crippen LogP contribution in [0.2, 0.25) is 0 Å². The summed E-state index contributed by atoms with van der Waals surface area (Å²) in [6.45, 7) is 0. The first-order valence-corrected chi connectivity index (χ1v) is 14.2. The van der Waals surface area contributed by atoms with E-state index >= 15 is 0 Å². The third-order valence-electron chi connectivity index (χ3n) is 7.99. The van der Waals surface area contributed by atoms with Gasteiger partial charge in [0.1, 0.15) is 17.6 Å². The Hall–Kier alpha value is -5.05. The van der Waals surface area contributed by atoms with E-state index in [2.05, 4.69) is 14.9 Å². The zero-order valence-electron chi connectivity index (χ0n) is 23.0. The second kappa shape index (κ2) is 11.4. The fourth-order valence-corrected chi connectivity index (χ4v) is 5.84. The van der Waals surface area contributed by atoms with Crippen LogP contribution < -0.4 is 11.1 Å². The molecule has 4 N–H and O–H groups in total. The first kappa shape index (κ1) is 27.1. The van der Waals surface area contributed by atoms with Gasteiger partial charge in [-0.25, -0.2) is 14.8 Å². The van der Waals surface area contributed by atoms with Gasteiger partial charge in [-0.05, 0) is 60.9 Å². The van der Waals surface area contributed by atoms with Gasteiger partial charge >= 0.3 is 5.97 Å². The van der Waals surface area contributed by atoms with Crippen LogP contribution in [0, 0.1) is 0 Å². The van der Waals surface area contributed by atoms with Crippen molar-refractivity contribution in [1.82, 2.24) is 19.9 Å². The van der Waals surface area contributed by atoms with Gasteiger partial charge in [-0.15, -0.1) is 0 Å². The molecule has 9 nitrogen and oxygen atoms in total. The van der Waals surface area contributed by atoms with E-state index < -0.39 is 23.8 Å². The minimum Gasteiger partial charge on any atom is -0.478 e. The highest BCUT2D eigenvalue weighted by Gasteiger charge is 2.24. The molecule has 1 fully saturated rings. The largest absolute Gasteiger partial charge is 0.478 e. The lowest BCUT2D eigenvalue weighted by Gasteiger charge is -2.25. The number of aromatic carboxylic acids is 1. The summed E-state index contributed by atoms with van der Waals surface area (Å²) in [5, 5.41) is 13.1. The molecule has 1 saturated carbocycles. The Morgan fingerprint density at radius 2 is 1.69 bits per heavy atom. The van der Waals surface area contributed by atoms with Crippen LogP contribution in [-0.4, -0.2) is 43.5 Å². The fourth-order valence-electron chi connectivity index (χ4n) is 5.84. The highest BCUT2D eigenvalue weighted by Crippen LogP contribution is 2.36. The number of benzene rings is 3. The Kier molecular flexibility index (Phi) is 7.39. The van der Waals surface area contributed by atoms with E-state index in [1.807, 2.05) is 60.7 Å². The van der Waals surface area contributed by atoms with Gasteiger partial charge in [-0.1, -0.05) is 55.7 Å². The molecular formula is C33H31N5O4. The van der Waals surface area contributed by atoms with Crippen molar-refractivity contribution < 1.29 is 19.5 Å². The number of carbonyl (C=O) groups excluding carboxylic acids is 2. The summed E-state index contributed by atoms with van der Waals surface area (Å²) in [5.41, 5.74) is 9.94. The van der Waals surface area contributed by atoms with Gasteiger partial charge in [0.25, 0.3) is 5.91 Å². The quantitative estimate of drug-likeness (QED) is 0.235. The molecule has 9 heteroatoms. The molecule has 0 saturated heterocycles. The molecule has 1 atom stereocenters. The molecule has 0 radical (unpaired) electrons. The maximum Gasteiger partial charge on any atom is 0.335 e. The van der Waals surface area contributed by atoms with Crippen LogP contribution in [0.3, 0.4) is 0 Å². The number of carbonyl (C=O) groups is 3. The highest BCUT2D eigenvalue weighted by molar-refractivity contribution is 5.98. The lowest BCUT2D eigenvalue weighted by molar-refractivity contribution is -0.119. The summed E-state index contributed by atoms with van der Waals surface area (Å²) < 4.78 is 2.26. The summed E-state index contributed by atoms with van der Waals surface area (Å²) in [5.74, 6) is -1.29. The van der Waals surface area contributed by atoms with Crippen LogP contribution in [0.5, 0.6) is 0 Å². The van der Waals surface area contributed by atoms with Gasteiger partial charge in [-0.2, -0.15) is 0 Å². The second-order valence-corrected chi connectivity index (χ2v) is 10.8. The summed E-state index contributed by atoms with van der Waals surface area (Å²) in [4.78, 5) is 46.2. The summed E-state index contributed by atoms with van der Waals surface area (Å²) in [6.07, 6.45) is 5.88. The molecule has 2 aromatic heterocycles. The van der Waals surface area contributed by atoms with E-state index in [0.717, 1.165) is 53.5 Å². The third-order valence-corrected chi connectivity index (χ3v) is 7.99. The van der Waals surface area contributed by atoms with Crippen molar-refractivity contribution in [1.29, 1.82) is 0 Å². The van der Waals surface area contributed by atoms with Crippen molar-refractivity contribution in [3.8, 4) is 11.4 Å². The first-order chi connectivity index (χ1) is 20.4. The average Bonchev–Trinajstić information content (AvgIpc) is 3.40. The number of carboxylic acid groups (broad SMARTS) is 1. The SMILES string of the molecule is NC(=O)[C@H](Cc1ccccc1)NC(=O)c1ccc2cc(-c3nc4cc(C(=O)O)ccc4n3C3CCCCC3)ccc2n1. The number of carboxylic acids is 1. The number of nitrogens with zero attached hydrogens (tertiary/aromatic N) is 3. The summed E-state index contributed by atoms with van der Waals surface area (Å²) in [7, 11) is 0. The number of aromatic nitrogens is 3. The highest BCUT2D eigenvalue weighted by atomic mass is 16.4. The Bertz CT molecular complexity index is 1810. The van der Waals surface area contributed by atoms with Gasteiger partial charge in [0.05, 0.1) is 22.1 Å². The van der Waals surface area contributed by atoms with Crippen LogP contribution in [0.15, 0.2) is 78.9 Å². The number of rotatable bonds is 8. The van der Waals surface area contributed by atoms with E-state index in [0.29, 0.717) is 11.0 Å². The predicted octanol–water partition coefficient (Wildman–Crippen LogP) is 5.28. The van der Waals surface area contributed by atoms with Crippen LogP contribution >= 0.6 is 0 Å². The molecule has 5 aromatic rings. The Labute approximate surface area is 242 Å². The van der Waals surface area contributed by atoms with E-state index in [1.54, 1.807) is 18.2 Å². The maximum absolute atomic E-state index is 13.0. The topological polar surface area (TPSA) is 140 Å². The number of fused-ring (bicyclic) bond motifs is 2. The average molecular weight is 562 g/mol. The van der Waals surface area contributed by atoms with Crippen molar-refractivity contribution in [3.05, 3.63) is 95.7 Å². The van der Waals surface area contributed by atoms with Crippen LogP contribution in [0.1, 0.15) is 64.6 Å². The molecule has 0 unspecified atom stereocenters. The van der Waals surface area contributed by atoms with Crippen molar-refractivity contribution in [3.63, 3.8) is 0 Å². The summed E-state index contributed by atoms with van der Waals surface area (Å²) in [6, 6.07) is 23.1. The van der Waals surface area contributed by atoms with Gasteiger partial charge in [-0.3, -0.25) is 9.59 Å². The number of imidazole rings is 1. The predicted molar refractivity (Wildman–Crippen MR) is 160 cm³/mol. The Morgan fingerprint density at radius 1 is 0.905 bits per heavy atom. The number of nitrogens with two attached hydrogens (primary N) is 1. The molecule has 0 spiro atoms. The molecule has 0 bridgehead atoms. The van der Waals surface area contributed by atoms with E-state index in [4.69, 9.17) is 10.7 Å². The molecule has 42 heavy (non-hydrogen) atoms. The number of hydrogen-bond donors (Lipinski definition) is 3. The van der Waals surface area contributed by atoms with Crippen molar-refractivity contribution in [2.75, 3.05) is 0 Å². The maximum atomic E-state index is 13.0. The van der Waals surface area contributed by atoms with E-state index in [9.17, 15) is 19.5 Å². The van der Waals surface area contributed by atoms with E-state index in [-0.39, 0.29) is 23.7 Å². The minimum atomic E-state index is -0.982. The number of amides is 2. The lowest BCUT2D eigenvalue weighted by atomic mass is 9.94. The first-order valence-electron chi connectivity index (χ1n) is 14.2. The van der Waals surface area contributed by atoms with Crippen LogP contribution in [-0.2, 0) is 11.2 Å². The third kappa shape index (κ3) is 5.45. The smallest absolute Gasteiger partial charge is 0.335 e. The molecule has 0 aliphatic heterocycles. The lowest BCUT2D eigenvalue weighted by Crippen LogP contribution is -2.46. The van der Waals surface area contributed by atoms with Crippen molar-refractivity contribution in [2.24, 2.45) is 5.73 Å². The number of pyridine rings is 1. The van der Waals surface area contributed by atoms with Gasteiger partial charge < -0.3 is 20.7 Å². The fraction of sp³-hybridized carbons (Fsp3) is 0.242. The second-order valence-electron chi connectivity index (χ2n) is 10.8. The standard InChI is InChI=1S/C33H31N5O4/c34-30(39)28(17-20-7-3-1-4-8-20)37-32(40)26-15-11-21-18-22(12-14-25(21)35-26)31-36-27-19-23(33(41)42)13-16-29(27)38(31)24-9-5-2-6-10-24/h1,3-4,7-8,11-16,18-19,24,28H,2,5-6,9-10,17H2,(H2,34,39)(H,37,40)(H,41,42)/t28-/m0/s1. The van der Waals surface area contributed by atoms with E-state index in [1.165, 1.54) is 6.42 Å². The normalized spacial score (nSPS) is 14.6. The van der Waals surface area contributed by atoms with Crippen molar-refractivity contribution >= 4 is 39.7 Å². The molecule has 2 heterocycles. The van der Waals surface area contributed by atoms with Gasteiger partial charge in [0.2, 0.25) is 5.91 Å². The summed E-state index contributed by atoms with van der Waals surface area (Å²) >= 11 is 0. The monoisotopic (exact) mass is 561 g/mol. The molecule has 6 rings (SSSR count). The van der Waals surface area contributed by atoms with Crippen molar-refractivity contribution in [2.45, 2.75) is 50.6 Å². The molecule has 2 amide bonds. The zero-order chi connectivity index (χ0) is 29.2. The molecule has 212 valence electrons.